The molecule has 0 aromatic carbocycles. The molecule has 126 valence electrons. The van der Waals surface area contributed by atoms with Crippen LogP contribution in [0.2, 0.25) is 0 Å². The average Bonchev–Trinajstić information content (AvgIpc) is 2.36. The Labute approximate surface area is 134 Å². The third-order valence-electron chi connectivity index (χ3n) is 4.72. The zero-order valence-corrected chi connectivity index (χ0v) is 15.7. The summed E-state index contributed by atoms with van der Waals surface area (Å²) in [6, 6.07) is 0. The van der Waals surface area contributed by atoms with Gasteiger partial charge in [-0.3, -0.25) is 4.90 Å². The molecule has 0 aromatic rings. The summed E-state index contributed by atoms with van der Waals surface area (Å²) < 4.78 is 0. The zero-order chi connectivity index (χ0) is 15.9. The molecule has 0 bridgehead atoms. The first-order valence-corrected chi connectivity index (χ1v) is 9.16. The number of unbranched alkanes of at least 4 members (excludes halogenated alkanes) is 4. The summed E-state index contributed by atoms with van der Waals surface area (Å²) in [6.07, 6.45) is 8.46. The zero-order valence-electron chi connectivity index (χ0n) is 15.7. The number of hydrogen-bond acceptors (Lipinski definition) is 2. The largest absolute Gasteiger partial charge is 0.301 e. The van der Waals surface area contributed by atoms with Crippen LogP contribution in [0.25, 0.3) is 0 Å². The summed E-state index contributed by atoms with van der Waals surface area (Å²) in [4.78, 5) is 5.29. The lowest BCUT2D eigenvalue weighted by molar-refractivity contribution is 0.0616. The Balaban J connectivity index is 1.98. The van der Waals surface area contributed by atoms with E-state index in [1.54, 1.807) is 0 Å². The van der Waals surface area contributed by atoms with Gasteiger partial charge in [-0.05, 0) is 45.6 Å². The summed E-state index contributed by atoms with van der Waals surface area (Å²) in [6.45, 7) is 20.4. The van der Waals surface area contributed by atoms with Gasteiger partial charge in [-0.25, -0.2) is 0 Å². The molecule has 0 aromatic heterocycles. The third-order valence-corrected chi connectivity index (χ3v) is 4.72. The van der Waals surface area contributed by atoms with Crippen LogP contribution in [0, 0.1) is 5.41 Å². The number of nitrogens with zero attached hydrogens (tertiary/aromatic N) is 2. The van der Waals surface area contributed by atoms with Crippen molar-refractivity contribution in [3.63, 3.8) is 0 Å². The highest BCUT2D eigenvalue weighted by Gasteiger charge is 2.25. The second kappa shape index (κ2) is 8.53. The van der Waals surface area contributed by atoms with Gasteiger partial charge >= 0.3 is 0 Å². The van der Waals surface area contributed by atoms with E-state index >= 15 is 0 Å². The summed E-state index contributed by atoms with van der Waals surface area (Å²) in [5.41, 5.74) is 0.867. The SMILES string of the molecule is CC(C)(C)CCCCCCCN1CCN(C(C)(C)C)CC1. The van der Waals surface area contributed by atoms with Gasteiger partial charge in [-0.2, -0.15) is 0 Å². The van der Waals surface area contributed by atoms with Gasteiger partial charge in [-0.1, -0.05) is 46.5 Å². The van der Waals surface area contributed by atoms with E-state index in [-0.39, 0.29) is 0 Å². The molecule has 0 N–H and O–H groups in total. The minimum Gasteiger partial charge on any atom is -0.301 e. The van der Waals surface area contributed by atoms with Crippen LogP contribution in [0.3, 0.4) is 0 Å². The van der Waals surface area contributed by atoms with Crippen molar-refractivity contribution in [2.24, 2.45) is 5.41 Å². The van der Waals surface area contributed by atoms with E-state index in [1.165, 1.54) is 71.2 Å². The van der Waals surface area contributed by atoms with E-state index < -0.39 is 0 Å². The molecule has 0 aliphatic carbocycles. The van der Waals surface area contributed by atoms with Crippen LogP contribution >= 0.6 is 0 Å². The standard InChI is InChI=1S/C19H40N2/c1-18(2,3)12-10-8-7-9-11-13-20-14-16-21(17-15-20)19(4,5)6/h7-17H2,1-6H3. The van der Waals surface area contributed by atoms with E-state index in [4.69, 9.17) is 0 Å². The van der Waals surface area contributed by atoms with Crippen LogP contribution in [-0.2, 0) is 0 Å². The van der Waals surface area contributed by atoms with E-state index in [0.29, 0.717) is 11.0 Å². The molecule has 2 nitrogen and oxygen atoms in total. The van der Waals surface area contributed by atoms with Crippen molar-refractivity contribution in [3.05, 3.63) is 0 Å². The second-order valence-electron chi connectivity index (χ2n) is 9.08. The van der Waals surface area contributed by atoms with Crippen LogP contribution in [0.1, 0.15) is 80.1 Å². The van der Waals surface area contributed by atoms with Crippen molar-refractivity contribution in [2.75, 3.05) is 32.7 Å². The fourth-order valence-electron chi connectivity index (χ4n) is 3.16. The maximum atomic E-state index is 2.66. The predicted octanol–water partition coefficient (Wildman–Crippen LogP) is 4.79. The Kier molecular flexibility index (Phi) is 7.70. The van der Waals surface area contributed by atoms with E-state index in [2.05, 4.69) is 51.3 Å². The highest BCUT2D eigenvalue weighted by atomic mass is 15.3. The van der Waals surface area contributed by atoms with Crippen LogP contribution in [-0.4, -0.2) is 48.1 Å². The highest BCUT2D eigenvalue weighted by molar-refractivity contribution is 4.81. The fourth-order valence-corrected chi connectivity index (χ4v) is 3.16. The van der Waals surface area contributed by atoms with Crippen molar-refractivity contribution in [3.8, 4) is 0 Å². The maximum Gasteiger partial charge on any atom is 0.0126 e. The molecular weight excluding hydrogens is 256 g/mol. The Morgan fingerprint density at radius 3 is 1.71 bits per heavy atom. The van der Waals surface area contributed by atoms with Crippen molar-refractivity contribution >= 4 is 0 Å². The van der Waals surface area contributed by atoms with Crippen molar-refractivity contribution in [1.29, 1.82) is 0 Å². The minimum atomic E-state index is 0.346. The van der Waals surface area contributed by atoms with Crippen LogP contribution in [0.5, 0.6) is 0 Å². The number of rotatable bonds is 7. The van der Waals surface area contributed by atoms with Gasteiger partial charge in [0.2, 0.25) is 0 Å². The van der Waals surface area contributed by atoms with Crippen LogP contribution in [0.4, 0.5) is 0 Å². The lowest BCUT2D eigenvalue weighted by Gasteiger charge is -2.42. The molecule has 1 saturated heterocycles. The van der Waals surface area contributed by atoms with Gasteiger partial charge in [0.05, 0.1) is 0 Å². The van der Waals surface area contributed by atoms with E-state index in [1.807, 2.05) is 0 Å². The monoisotopic (exact) mass is 296 g/mol. The van der Waals surface area contributed by atoms with Gasteiger partial charge in [0.15, 0.2) is 0 Å². The Morgan fingerprint density at radius 1 is 0.667 bits per heavy atom. The fraction of sp³-hybridized carbons (Fsp3) is 1.00. The van der Waals surface area contributed by atoms with Gasteiger partial charge in [-0.15, -0.1) is 0 Å². The van der Waals surface area contributed by atoms with Crippen molar-refractivity contribution in [1.82, 2.24) is 9.80 Å². The van der Waals surface area contributed by atoms with Crippen LogP contribution in [0.15, 0.2) is 0 Å². The predicted molar refractivity (Wildman–Crippen MR) is 94.9 cm³/mol. The Bertz CT molecular complexity index is 264. The first kappa shape index (κ1) is 19.0. The molecular formula is C19H40N2. The molecule has 1 aliphatic heterocycles. The van der Waals surface area contributed by atoms with Crippen LogP contribution < -0.4 is 0 Å². The summed E-state index contributed by atoms with van der Waals surface area (Å²) in [5, 5.41) is 0. The highest BCUT2D eigenvalue weighted by Crippen LogP contribution is 2.22. The van der Waals surface area contributed by atoms with Crippen molar-refractivity contribution in [2.45, 2.75) is 85.6 Å². The maximum absolute atomic E-state index is 2.66. The van der Waals surface area contributed by atoms with Gasteiger partial charge in [0.25, 0.3) is 0 Å². The average molecular weight is 297 g/mol. The topological polar surface area (TPSA) is 6.48 Å². The molecule has 0 atom stereocenters. The lowest BCUT2D eigenvalue weighted by Crippen LogP contribution is -2.53. The molecule has 1 heterocycles. The number of piperazine rings is 1. The molecule has 2 heteroatoms. The quantitative estimate of drug-likeness (QED) is 0.623. The van der Waals surface area contributed by atoms with Gasteiger partial charge in [0.1, 0.15) is 0 Å². The lowest BCUT2D eigenvalue weighted by atomic mass is 9.89. The molecule has 0 saturated carbocycles. The van der Waals surface area contributed by atoms with E-state index in [9.17, 15) is 0 Å². The summed E-state index contributed by atoms with van der Waals surface area (Å²) in [5.74, 6) is 0. The second-order valence-corrected chi connectivity index (χ2v) is 9.08. The van der Waals surface area contributed by atoms with Crippen molar-refractivity contribution < 1.29 is 0 Å². The molecule has 1 fully saturated rings. The molecule has 0 amide bonds. The molecule has 21 heavy (non-hydrogen) atoms. The van der Waals surface area contributed by atoms with Gasteiger partial charge in [0, 0.05) is 31.7 Å². The normalized spacial score (nSPS) is 19.1. The Morgan fingerprint density at radius 2 is 1.19 bits per heavy atom. The molecule has 0 spiro atoms. The first-order chi connectivity index (χ1) is 9.68. The molecule has 1 rings (SSSR count). The minimum absolute atomic E-state index is 0.346. The number of hydrogen-bond donors (Lipinski definition) is 0. The Hall–Kier alpha value is -0.0800. The molecule has 0 radical (unpaired) electrons. The molecule has 0 unspecified atom stereocenters. The van der Waals surface area contributed by atoms with Gasteiger partial charge < -0.3 is 4.90 Å². The van der Waals surface area contributed by atoms with E-state index in [0.717, 1.165) is 0 Å². The third kappa shape index (κ3) is 8.83. The summed E-state index contributed by atoms with van der Waals surface area (Å²) >= 11 is 0. The summed E-state index contributed by atoms with van der Waals surface area (Å²) in [7, 11) is 0. The smallest absolute Gasteiger partial charge is 0.0126 e. The first-order valence-electron chi connectivity index (χ1n) is 9.16. The molecule has 1 aliphatic rings.